The maximum atomic E-state index is 14.3. The molecule has 0 heterocycles. The molecule has 0 spiro atoms. The van der Waals surface area contributed by atoms with E-state index in [-0.39, 0.29) is 11.6 Å². The largest absolute Gasteiger partial charge is 0.355 e. The standard InChI is InChI=1S/C22H27FN2O3S/c1-15-6-7-17(13-16(15)2)5-4-12-24-21(26)22(10-11-22)18-8-9-20(19(23)14-18)25-29(3,27)28/h6-9,13-14,25H,4-5,10-12H2,1-3H3,(H,24,26). The lowest BCUT2D eigenvalue weighted by Crippen LogP contribution is -2.35. The van der Waals surface area contributed by atoms with Gasteiger partial charge in [-0.05, 0) is 73.9 Å². The monoisotopic (exact) mass is 418 g/mol. The van der Waals surface area contributed by atoms with Crippen molar-refractivity contribution in [2.45, 2.75) is 44.9 Å². The van der Waals surface area contributed by atoms with Crippen LogP contribution in [0.5, 0.6) is 0 Å². The summed E-state index contributed by atoms with van der Waals surface area (Å²) in [7, 11) is -3.56. The van der Waals surface area contributed by atoms with E-state index in [0.29, 0.717) is 24.9 Å². The van der Waals surface area contributed by atoms with Crippen LogP contribution in [0.2, 0.25) is 0 Å². The van der Waals surface area contributed by atoms with Crippen LogP contribution >= 0.6 is 0 Å². The number of carbonyl (C=O) groups excluding carboxylic acids is 1. The first-order valence-corrected chi connectivity index (χ1v) is 11.6. The summed E-state index contributed by atoms with van der Waals surface area (Å²) >= 11 is 0. The molecule has 1 saturated carbocycles. The number of halogens is 1. The molecular weight excluding hydrogens is 391 g/mol. The van der Waals surface area contributed by atoms with Gasteiger partial charge < -0.3 is 5.32 Å². The molecule has 1 amide bonds. The van der Waals surface area contributed by atoms with Crippen LogP contribution in [0.1, 0.15) is 41.5 Å². The van der Waals surface area contributed by atoms with Gasteiger partial charge in [-0.3, -0.25) is 9.52 Å². The number of benzene rings is 2. The highest BCUT2D eigenvalue weighted by Crippen LogP contribution is 2.49. The first-order valence-electron chi connectivity index (χ1n) is 9.73. The Bertz CT molecular complexity index is 1030. The number of hydrogen-bond donors (Lipinski definition) is 2. The van der Waals surface area contributed by atoms with Crippen molar-refractivity contribution >= 4 is 21.6 Å². The molecular formula is C22H27FN2O3S. The molecule has 0 aliphatic heterocycles. The lowest BCUT2D eigenvalue weighted by molar-refractivity contribution is -0.123. The minimum atomic E-state index is -3.56. The maximum absolute atomic E-state index is 14.3. The van der Waals surface area contributed by atoms with E-state index in [0.717, 1.165) is 19.1 Å². The quantitative estimate of drug-likeness (QED) is 0.643. The molecule has 7 heteroatoms. The molecule has 0 aromatic heterocycles. The van der Waals surface area contributed by atoms with Gasteiger partial charge in [0.25, 0.3) is 0 Å². The molecule has 0 atom stereocenters. The molecule has 5 nitrogen and oxygen atoms in total. The van der Waals surface area contributed by atoms with Crippen molar-refractivity contribution in [2.24, 2.45) is 0 Å². The number of hydrogen-bond acceptors (Lipinski definition) is 3. The molecule has 2 aromatic carbocycles. The van der Waals surface area contributed by atoms with E-state index in [9.17, 15) is 17.6 Å². The number of sulfonamides is 1. The number of anilines is 1. The van der Waals surface area contributed by atoms with Gasteiger partial charge in [0.05, 0.1) is 17.4 Å². The van der Waals surface area contributed by atoms with Crippen molar-refractivity contribution in [2.75, 3.05) is 17.5 Å². The molecule has 2 N–H and O–H groups in total. The van der Waals surface area contributed by atoms with Crippen LogP contribution in [-0.2, 0) is 26.7 Å². The lowest BCUT2D eigenvalue weighted by Gasteiger charge is -2.17. The number of aryl methyl sites for hydroxylation is 3. The van der Waals surface area contributed by atoms with Gasteiger partial charge in [-0.15, -0.1) is 0 Å². The highest BCUT2D eigenvalue weighted by atomic mass is 32.2. The molecule has 29 heavy (non-hydrogen) atoms. The summed E-state index contributed by atoms with van der Waals surface area (Å²) in [6.45, 7) is 4.73. The summed E-state index contributed by atoms with van der Waals surface area (Å²) in [4.78, 5) is 12.7. The average Bonchev–Trinajstić information content (AvgIpc) is 3.44. The lowest BCUT2D eigenvalue weighted by atomic mass is 9.94. The summed E-state index contributed by atoms with van der Waals surface area (Å²) in [5.41, 5.74) is 3.55. The fraction of sp³-hybridized carbons (Fsp3) is 0.409. The van der Waals surface area contributed by atoms with Crippen molar-refractivity contribution < 1.29 is 17.6 Å². The Balaban J connectivity index is 1.58. The maximum Gasteiger partial charge on any atom is 0.230 e. The predicted molar refractivity (Wildman–Crippen MR) is 113 cm³/mol. The summed E-state index contributed by atoms with van der Waals surface area (Å²) in [6.07, 6.45) is 4.00. The molecule has 2 aromatic rings. The smallest absolute Gasteiger partial charge is 0.230 e. The topological polar surface area (TPSA) is 75.3 Å². The molecule has 0 radical (unpaired) electrons. The first-order chi connectivity index (χ1) is 13.6. The normalized spacial score (nSPS) is 15.0. The van der Waals surface area contributed by atoms with E-state index in [1.807, 2.05) is 0 Å². The summed E-state index contributed by atoms with van der Waals surface area (Å²) in [5, 5.41) is 2.98. The number of carbonyl (C=O) groups is 1. The SMILES string of the molecule is Cc1ccc(CCCNC(=O)C2(c3ccc(NS(C)(=O)=O)c(F)c3)CC2)cc1C. The van der Waals surface area contributed by atoms with Crippen molar-refractivity contribution in [1.82, 2.24) is 5.32 Å². The highest BCUT2D eigenvalue weighted by Gasteiger charge is 2.51. The molecule has 0 saturated heterocycles. The third kappa shape index (κ3) is 5.15. The van der Waals surface area contributed by atoms with Gasteiger partial charge >= 0.3 is 0 Å². The number of rotatable bonds is 8. The van der Waals surface area contributed by atoms with Gasteiger partial charge in [-0.25, -0.2) is 12.8 Å². The first kappa shape index (κ1) is 21.3. The van der Waals surface area contributed by atoms with Crippen LogP contribution in [0.3, 0.4) is 0 Å². The second-order valence-electron chi connectivity index (χ2n) is 7.93. The Hall–Kier alpha value is -2.41. The van der Waals surface area contributed by atoms with Gasteiger partial charge in [0, 0.05) is 6.54 Å². The molecule has 1 aliphatic rings. The van der Waals surface area contributed by atoms with E-state index in [2.05, 4.69) is 42.1 Å². The predicted octanol–water partition coefficient (Wildman–Crippen LogP) is 3.59. The Morgan fingerprint density at radius 1 is 1.10 bits per heavy atom. The van der Waals surface area contributed by atoms with Gasteiger partial charge in [0.2, 0.25) is 15.9 Å². The van der Waals surface area contributed by atoms with E-state index < -0.39 is 21.3 Å². The molecule has 156 valence electrons. The van der Waals surface area contributed by atoms with Gasteiger partial charge in [0.15, 0.2) is 0 Å². The van der Waals surface area contributed by atoms with E-state index >= 15 is 0 Å². The fourth-order valence-electron chi connectivity index (χ4n) is 3.49. The van der Waals surface area contributed by atoms with Crippen molar-refractivity contribution in [3.63, 3.8) is 0 Å². The second-order valence-corrected chi connectivity index (χ2v) is 9.68. The zero-order valence-electron chi connectivity index (χ0n) is 17.0. The van der Waals surface area contributed by atoms with Crippen LogP contribution in [0.4, 0.5) is 10.1 Å². The molecule has 0 bridgehead atoms. The van der Waals surface area contributed by atoms with Crippen LogP contribution in [0.25, 0.3) is 0 Å². The van der Waals surface area contributed by atoms with Crippen LogP contribution in [-0.4, -0.2) is 27.1 Å². The number of nitrogens with one attached hydrogen (secondary N) is 2. The molecule has 3 rings (SSSR count). The van der Waals surface area contributed by atoms with Gasteiger partial charge in [0.1, 0.15) is 5.82 Å². The number of amides is 1. The summed E-state index contributed by atoms with van der Waals surface area (Å²) < 4.78 is 39.0. The zero-order chi connectivity index (χ0) is 21.2. The summed E-state index contributed by atoms with van der Waals surface area (Å²) in [5.74, 6) is -0.775. The molecule has 0 unspecified atom stereocenters. The van der Waals surface area contributed by atoms with Gasteiger partial charge in [-0.2, -0.15) is 0 Å². The van der Waals surface area contributed by atoms with E-state index in [1.165, 1.54) is 28.8 Å². The van der Waals surface area contributed by atoms with Crippen LogP contribution in [0.15, 0.2) is 36.4 Å². The summed E-state index contributed by atoms with van der Waals surface area (Å²) in [6, 6.07) is 10.7. The Morgan fingerprint density at radius 3 is 2.41 bits per heavy atom. The molecule has 1 aliphatic carbocycles. The van der Waals surface area contributed by atoms with E-state index in [1.54, 1.807) is 6.07 Å². The minimum Gasteiger partial charge on any atom is -0.355 e. The molecule has 1 fully saturated rings. The van der Waals surface area contributed by atoms with Crippen LogP contribution in [0, 0.1) is 19.7 Å². The van der Waals surface area contributed by atoms with Crippen molar-refractivity contribution in [3.8, 4) is 0 Å². The minimum absolute atomic E-state index is 0.0965. The highest BCUT2D eigenvalue weighted by molar-refractivity contribution is 7.92. The van der Waals surface area contributed by atoms with Crippen molar-refractivity contribution in [3.05, 3.63) is 64.5 Å². The third-order valence-electron chi connectivity index (χ3n) is 5.50. The second kappa shape index (κ2) is 8.14. The average molecular weight is 419 g/mol. The van der Waals surface area contributed by atoms with Crippen molar-refractivity contribution in [1.29, 1.82) is 0 Å². The van der Waals surface area contributed by atoms with Gasteiger partial charge in [-0.1, -0.05) is 24.3 Å². The Labute approximate surface area is 171 Å². The van der Waals surface area contributed by atoms with Crippen LogP contribution < -0.4 is 10.0 Å². The fourth-order valence-corrected chi connectivity index (χ4v) is 4.05. The third-order valence-corrected chi connectivity index (χ3v) is 6.09. The van der Waals surface area contributed by atoms with E-state index in [4.69, 9.17) is 0 Å². The Kier molecular flexibility index (Phi) is 5.98. The zero-order valence-corrected chi connectivity index (χ0v) is 17.8. The Morgan fingerprint density at radius 2 is 1.83 bits per heavy atom.